The van der Waals surface area contributed by atoms with Gasteiger partial charge in [-0.2, -0.15) is 11.8 Å². The monoisotopic (exact) mass is 318 g/mol. The van der Waals surface area contributed by atoms with Gasteiger partial charge >= 0.3 is 0 Å². The molecule has 0 aromatic rings. The molecular weight excluding hydrogens is 292 g/mol. The fraction of sp³-hybridized carbons (Fsp3) is 1.00. The van der Waals surface area contributed by atoms with Gasteiger partial charge in [-0.05, 0) is 19.6 Å². The molecule has 3 aliphatic rings. The third-order valence-electron chi connectivity index (χ3n) is 5.06. The van der Waals surface area contributed by atoms with E-state index in [0.717, 1.165) is 13.0 Å². The van der Waals surface area contributed by atoms with Gasteiger partial charge in [0.1, 0.15) is 17.9 Å². The minimum absolute atomic E-state index is 0.0395. The van der Waals surface area contributed by atoms with Crippen LogP contribution in [0.3, 0.4) is 0 Å². The van der Waals surface area contributed by atoms with Crippen molar-refractivity contribution in [1.29, 1.82) is 0 Å². The summed E-state index contributed by atoms with van der Waals surface area (Å²) < 4.78 is 6.00. The van der Waals surface area contributed by atoms with Gasteiger partial charge in [0.25, 0.3) is 0 Å². The Balaban J connectivity index is 1.75. The average molecular weight is 318 g/mol. The molecule has 7 atom stereocenters. The first-order valence-electron chi connectivity index (χ1n) is 7.49. The van der Waals surface area contributed by atoms with Crippen molar-refractivity contribution >= 4 is 11.8 Å². The number of nitrogens with one attached hydrogen (secondary N) is 2. The lowest BCUT2D eigenvalue weighted by molar-refractivity contribution is -0.104. The van der Waals surface area contributed by atoms with Gasteiger partial charge in [0.2, 0.25) is 0 Å². The van der Waals surface area contributed by atoms with Crippen molar-refractivity contribution in [2.24, 2.45) is 11.7 Å². The molecule has 0 aromatic heterocycles. The standard InChI is InChI=1S/C13H26N4O3S/c1-13(19)8(5-21-2)20-12(9(13)18)17-4-3-7-10(14)15-6-16-11(7)17/h7-12,15-16,18-19H,3-6,14H2,1-2H3/t7?,8-,9+,10?,11?,12?,13-/m1/s1. The summed E-state index contributed by atoms with van der Waals surface area (Å²) in [4.78, 5) is 2.12. The Morgan fingerprint density at radius 1 is 1.48 bits per heavy atom. The summed E-state index contributed by atoms with van der Waals surface area (Å²) in [5, 5.41) is 27.7. The van der Waals surface area contributed by atoms with Crippen LogP contribution in [0.4, 0.5) is 0 Å². The van der Waals surface area contributed by atoms with Gasteiger partial charge in [0.05, 0.1) is 18.4 Å². The van der Waals surface area contributed by atoms with E-state index in [1.54, 1.807) is 18.7 Å². The van der Waals surface area contributed by atoms with Crippen molar-refractivity contribution < 1.29 is 14.9 Å². The maximum absolute atomic E-state index is 10.6. The maximum Gasteiger partial charge on any atom is 0.141 e. The van der Waals surface area contributed by atoms with Gasteiger partial charge in [0, 0.05) is 24.9 Å². The van der Waals surface area contributed by atoms with Crippen LogP contribution in [-0.4, -0.2) is 76.7 Å². The summed E-state index contributed by atoms with van der Waals surface area (Å²) in [6.07, 6.45) is 1.21. The van der Waals surface area contributed by atoms with Crippen molar-refractivity contribution in [3.8, 4) is 0 Å². The molecule has 0 bridgehead atoms. The van der Waals surface area contributed by atoms with E-state index < -0.39 is 17.9 Å². The van der Waals surface area contributed by atoms with E-state index in [1.165, 1.54) is 0 Å². The number of hydrogen-bond donors (Lipinski definition) is 5. The fourth-order valence-corrected chi connectivity index (χ4v) is 4.40. The molecule has 21 heavy (non-hydrogen) atoms. The SMILES string of the molecule is CSC[C@H]1OC(N2CCC3C(N)NCNC32)[C@H](O)[C@]1(C)O. The zero-order chi connectivity index (χ0) is 15.2. The van der Waals surface area contributed by atoms with Gasteiger partial charge in [-0.15, -0.1) is 0 Å². The van der Waals surface area contributed by atoms with E-state index in [2.05, 4.69) is 15.5 Å². The van der Waals surface area contributed by atoms with Crippen molar-refractivity contribution in [2.75, 3.05) is 25.2 Å². The molecule has 3 aliphatic heterocycles. The Hall–Kier alpha value is 0.0700. The lowest BCUT2D eigenvalue weighted by Crippen LogP contribution is -2.64. The summed E-state index contributed by atoms with van der Waals surface area (Å²) >= 11 is 1.61. The molecule has 0 aromatic carbocycles. The topological polar surface area (TPSA) is 103 Å². The molecule has 3 heterocycles. The highest BCUT2D eigenvalue weighted by molar-refractivity contribution is 7.98. The predicted molar refractivity (Wildman–Crippen MR) is 81.4 cm³/mol. The number of thioether (sulfide) groups is 1. The number of aliphatic hydroxyl groups excluding tert-OH is 1. The van der Waals surface area contributed by atoms with E-state index in [9.17, 15) is 10.2 Å². The number of ether oxygens (including phenoxy) is 1. The second-order valence-corrected chi connectivity index (χ2v) is 7.30. The first-order chi connectivity index (χ1) is 9.96. The smallest absolute Gasteiger partial charge is 0.141 e. The second-order valence-electron chi connectivity index (χ2n) is 6.39. The van der Waals surface area contributed by atoms with Crippen LogP contribution in [0.2, 0.25) is 0 Å². The Bertz CT molecular complexity index is 386. The van der Waals surface area contributed by atoms with Gasteiger partial charge in [-0.25, -0.2) is 0 Å². The van der Waals surface area contributed by atoms with Crippen LogP contribution in [0.25, 0.3) is 0 Å². The molecule has 4 unspecified atom stereocenters. The molecule has 3 rings (SSSR count). The number of fused-ring (bicyclic) bond motifs is 1. The lowest BCUT2D eigenvalue weighted by atomic mass is 9.95. The minimum Gasteiger partial charge on any atom is -0.386 e. The van der Waals surface area contributed by atoms with Crippen LogP contribution >= 0.6 is 11.8 Å². The van der Waals surface area contributed by atoms with E-state index in [0.29, 0.717) is 18.3 Å². The van der Waals surface area contributed by atoms with Crippen molar-refractivity contribution in [3.63, 3.8) is 0 Å². The molecule has 3 fully saturated rings. The zero-order valence-corrected chi connectivity index (χ0v) is 13.3. The first-order valence-corrected chi connectivity index (χ1v) is 8.89. The number of aliphatic hydroxyl groups is 2. The Kier molecular flexibility index (Phi) is 4.51. The van der Waals surface area contributed by atoms with Gasteiger partial charge < -0.3 is 20.7 Å². The first kappa shape index (κ1) is 15.9. The molecule has 6 N–H and O–H groups in total. The third kappa shape index (κ3) is 2.61. The quantitative estimate of drug-likeness (QED) is 0.418. The Labute approximate surface area is 129 Å². The van der Waals surface area contributed by atoms with Crippen LogP contribution < -0.4 is 16.4 Å². The highest BCUT2D eigenvalue weighted by Crippen LogP contribution is 2.38. The van der Waals surface area contributed by atoms with Gasteiger partial charge in [0.15, 0.2) is 0 Å². The maximum atomic E-state index is 10.6. The summed E-state index contributed by atoms with van der Waals surface area (Å²) in [5.41, 5.74) is 4.89. The number of rotatable bonds is 3. The van der Waals surface area contributed by atoms with Crippen molar-refractivity contribution in [2.45, 2.75) is 49.7 Å². The molecule has 0 aliphatic carbocycles. The van der Waals surface area contributed by atoms with Crippen LogP contribution in [-0.2, 0) is 4.74 Å². The summed E-state index contributed by atoms with van der Waals surface area (Å²) in [7, 11) is 0. The van der Waals surface area contributed by atoms with E-state index >= 15 is 0 Å². The summed E-state index contributed by atoms with van der Waals surface area (Å²) in [6.45, 7) is 3.11. The van der Waals surface area contributed by atoms with Crippen LogP contribution in [0.5, 0.6) is 0 Å². The van der Waals surface area contributed by atoms with Crippen molar-refractivity contribution in [1.82, 2.24) is 15.5 Å². The average Bonchev–Trinajstić information content (AvgIpc) is 2.95. The Morgan fingerprint density at radius 2 is 2.24 bits per heavy atom. The number of nitrogens with two attached hydrogens (primary N) is 1. The van der Waals surface area contributed by atoms with E-state index in [4.69, 9.17) is 10.5 Å². The van der Waals surface area contributed by atoms with Crippen molar-refractivity contribution in [3.05, 3.63) is 0 Å². The normalized spacial score (nSPS) is 51.3. The van der Waals surface area contributed by atoms with Gasteiger partial charge in [-0.3, -0.25) is 15.5 Å². The molecule has 0 amide bonds. The van der Waals surface area contributed by atoms with Crippen LogP contribution in [0.15, 0.2) is 0 Å². The summed E-state index contributed by atoms with van der Waals surface area (Å²) in [6, 6.07) is 0. The molecular formula is C13H26N4O3S. The molecule has 0 radical (unpaired) electrons. The second kappa shape index (κ2) is 5.93. The largest absolute Gasteiger partial charge is 0.386 e. The number of nitrogens with zero attached hydrogens (tertiary/aromatic N) is 1. The number of likely N-dealkylation sites (tertiary alicyclic amines) is 1. The molecule has 8 heteroatoms. The van der Waals surface area contributed by atoms with Crippen LogP contribution in [0, 0.1) is 5.92 Å². The molecule has 7 nitrogen and oxygen atoms in total. The Morgan fingerprint density at radius 3 is 2.95 bits per heavy atom. The van der Waals surface area contributed by atoms with E-state index in [1.807, 2.05) is 6.26 Å². The fourth-order valence-electron chi connectivity index (χ4n) is 3.68. The third-order valence-corrected chi connectivity index (χ3v) is 5.70. The van der Waals surface area contributed by atoms with Crippen LogP contribution in [0.1, 0.15) is 13.3 Å². The zero-order valence-electron chi connectivity index (χ0n) is 12.5. The highest BCUT2D eigenvalue weighted by atomic mass is 32.2. The van der Waals surface area contributed by atoms with Gasteiger partial charge in [-0.1, -0.05) is 0 Å². The highest BCUT2D eigenvalue weighted by Gasteiger charge is 2.56. The minimum atomic E-state index is -1.22. The number of hydrogen-bond acceptors (Lipinski definition) is 8. The molecule has 3 saturated heterocycles. The molecule has 0 spiro atoms. The lowest BCUT2D eigenvalue weighted by Gasteiger charge is -2.39. The molecule has 0 saturated carbocycles. The summed E-state index contributed by atoms with van der Waals surface area (Å²) in [5.74, 6) is 0.955. The predicted octanol–water partition coefficient (Wildman–Crippen LogP) is -1.73. The molecule has 122 valence electrons. The van der Waals surface area contributed by atoms with E-state index in [-0.39, 0.29) is 18.4 Å².